The lowest BCUT2D eigenvalue weighted by atomic mass is 10.2. The summed E-state index contributed by atoms with van der Waals surface area (Å²) in [7, 11) is 3.62. The number of aliphatic hydroxyl groups excluding tert-OH is 1. The van der Waals surface area contributed by atoms with Crippen LogP contribution >= 0.6 is 0 Å². The van der Waals surface area contributed by atoms with Crippen LogP contribution in [0, 0.1) is 0 Å². The molecule has 2 heterocycles. The standard InChI is InChI=1S/C11H16N4O3/c1-14(2)11-12-4-3-9(13-11)15-6-7(16)5-8(15)10(17)18/h3-4,7-8,16H,5-6H2,1-2H3,(H,17,18). The largest absolute Gasteiger partial charge is 0.480 e. The molecule has 2 unspecified atom stereocenters. The van der Waals surface area contributed by atoms with Gasteiger partial charge in [0.05, 0.1) is 6.10 Å². The number of aliphatic carboxylic acids is 1. The van der Waals surface area contributed by atoms with Gasteiger partial charge in [0.1, 0.15) is 11.9 Å². The van der Waals surface area contributed by atoms with Gasteiger partial charge in [0, 0.05) is 33.3 Å². The fourth-order valence-corrected chi connectivity index (χ4v) is 2.02. The highest BCUT2D eigenvalue weighted by Gasteiger charge is 2.36. The second kappa shape index (κ2) is 4.77. The van der Waals surface area contributed by atoms with Crippen LogP contribution in [0.4, 0.5) is 11.8 Å². The molecule has 0 amide bonds. The predicted octanol–water partition coefficient (Wildman–Crippen LogP) is -0.433. The molecule has 1 aromatic rings. The number of anilines is 2. The van der Waals surface area contributed by atoms with Gasteiger partial charge in [0.15, 0.2) is 0 Å². The molecule has 2 rings (SSSR count). The van der Waals surface area contributed by atoms with Crippen molar-refractivity contribution >= 4 is 17.7 Å². The van der Waals surface area contributed by atoms with Crippen LogP contribution in [-0.2, 0) is 4.79 Å². The third-order valence-corrected chi connectivity index (χ3v) is 2.89. The van der Waals surface area contributed by atoms with Crippen molar-refractivity contribution in [2.75, 3.05) is 30.4 Å². The van der Waals surface area contributed by atoms with E-state index in [0.29, 0.717) is 11.8 Å². The molecule has 1 aromatic heterocycles. The van der Waals surface area contributed by atoms with Gasteiger partial charge in [0.2, 0.25) is 5.95 Å². The highest BCUT2D eigenvalue weighted by atomic mass is 16.4. The molecule has 98 valence electrons. The zero-order valence-electron chi connectivity index (χ0n) is 10.3. The molecule has 0 saturated carbocycles. The maximum atomic E-state index is 11.1. The molecule has 0 spiro atoms. The number of carboxylic acids is 1. The number of rotatable bonds is 3. The minimum Gasteiger partial charge on any atom is -0.480 e. The van der Waals surface area contributed by atoms with Gasteiger partial charge in [-0.1, -0.05) is 0 Å². The molecule has 18 heavy (non-hydrogen) atoms. The first-order chi connectivity index (χ1) is 8.49. The first kappa shape index (κ1) is 12.6. The third-order valence-electron chi connectivity index (χ3n) is 2.89. The van der Waals surface area contributed by atoms with Crippen molar-refractivity contribution in [2.45, 2.75) is 18.6 Å². The van der Waals surface area contributed by atoms with Gasteiger partial charge < -0.3 is 20.0 Å². The van der Waals surface area contributed by atoms with Gasteiger partial charge in [-0.2, -0.15) is 4.98 Å². The Kier molecular flexibility index (Phi) is 3.33. The summed E-state index contributed by atoms with van der Waals surface area (Å²) in [5.74, 6) is 0.0900. The number of carboxylic acid groups (broad SMARTS) is 1. The van der Waals surface area contributed by atoms with Gasteiger partial charge in [0.25, 0.3) is 0 Å². The summed E-state index contributed by atoms with van der Waals surface area (Å²) >= 11 is 0. The SMILES string of the molecule is CN(C)c1nccc(N2CC(O)CC2C(=O)O)n1. The van der Waals surface area contributed by atoms with Gasteiger partial charge in [-0.25, -0.2) is 9.78 Å². The first-order valence-corrected chi connectivity index (χ1v) is 5.67. The number of aromatic nitrogens is 2. The summed E-state index contributed by atoms with van der Waals surface area (Å²) in [6, 6.07) is 0.922. The van der Waals surface area contributed by atoms with E-state index in [2.05, 4.69) is 9.97 Å². The van der Waals surface area contributed by atoms with Crippen molar-refractivity contribution in [3.63, 3.8) is 0 Å². The Morgan fingerprint density at radius 1 is 1.56 bits per heavy atom. The maximum absolute atomic E-state index is 11.1. The minimum atomic E-state index is -0.948. The number of nitrogens with zero attached hydrogens (tertiary/aromatic N) is 4. The summed E-state index contributed by atoms with van der Waals surface area (Å²) in [4.78, 5) is 22.8. The van der Waals surface area contributed by atoms with E-state index < -0.39 is 18.1 Å². The zero-order valence-corrected chi connectivity index (χ0v) is 10.3. The summed E-state index contributed by atoms with van der Waals surface area (Å²) in [5, 5.41) is 18.7. The lowest BCUT2D eigenvalue weighted by Crippen LogP contribution is -2.36. The molecule has 7 nitrogen and oxygen atoms in total. The van der Waals surface area contributed by atoms with Gasteiger partial charge in [-0.05, 0) is 6.07 Å². The molecule has 1 aliphatic rings. The van der Waals surface area contributed by atoms with Crippen LogP contribution in [0.5, 0.6) is 0 Å². The molecule has 1 fully saturated rings. The van der Waals surface area contributed by atoms with Crippen molar-refractivity contribution in [3.8, 4) is 0 Å². The smallest absolute Gasteiger partial charge is 0.326 e. The van der Waals surface area contributed by atoms with Gasteiger partial charge in [-0.3, -0.25) is 0 Å². The van der Waals surface area contributed by atoms with Crippen molar-refractivity contribution in [2.24, 2.45) is 0 Å². The lowest BCUT2D eigenvalue weighted by molar-refractivity contribution is -0.138. The van der Waals surface area contributed by atoms with E-state index in [4.69, 9.17) is 5.11 Å². The normalized spacial score (nSPS) is 23.2. The third kappa shape index (κ3) is 2.35. The molecule has 0 aliphatic carbocycles. The van der Waals surface area contributed by atoms with Crippen molar-refractivity contribution in [3.05, 3.63) is 12.3 Å². The second-order valence-corrected chi connectivity index (χ2v) is 4.51. The summed E-state index contributed by atoms with van der Waals surface area (Å²) in [6.45, 7) is 0.279. The molecule has 0 aromatic carbocycles. The highest BCUT2D eigenvalue weighted by molar-refractivity contribution is 5.78. The van der Waals surface area contributed by atoms with E-state index in [1.54, 1.807) is 22.1 Å². The van der Waals surface area contributed by atoms with Crippen LogP contribution in [0.15, 0.2) is 12.3 Å². The molecule has 2 N–H and O–H groups in total. The molecule has 0 radical (unpaired) electrons. The van der Waals surface area contributed by atoms with Gasteiger partial charge >= 0.3 is 5.97 Å². The Morgan fingerprint density at radius 3 is 2.89 bits per heavy atom. The van der Waals surface area contributed by atoms with E-state index in [1.807, 2.05) is 14.1 Å². The van der Waals surface area contributed by atoms with Crippen LogP contribution in [0.3, 0.4) is 0 Å². The van der Waals surface area contributed by atoms with E-state index in [9.17, 15) is 9.90 Å². The quantitative estimate of drug-likeness (QED) is 0.754. The van der Waals surface area contributed by atoms with Gasteiger partial charge in [-0.15, -0.1) is 0 Å². The number of β-amino-alcohol motifs (C(OH)–C–C–N with tert-alkyl or cyclic N) is 1. The van der Waals surface area contributed by atoms with E-state index in [0.717, 1.165) is 0 Å². The van der Waals surface area contributed by atoms with Crippen LogP contribution in [-0.4, -0.2) is 58.9 Å². The predicted molar refractivity (Wildman–Crippen MR) is 65.8 cm³/mol. The molecule has 2 atom stereocenters. The summed E-state index contributed by atoms with van der Waals surface area (Å²) in [6.07, 6.45) is 1.17. The Balaban J connectivity index is 2.29. The first-order valence-electron chi connectivity index (χ1n) is 5.67. The number of hydrogen-bond donors (Lipinski definition) is 2. The average Bonchev–Trinajstić information content (AvgIpc) is 2.72. The van der Waals surface area contributed by atoms with Crippen LogP contribution in [0.2, 0.25) is 0 Å². The monoisotopic (exact) mass is 252 g/mol. The van der Waals surface area contributed by atoms with Crippen LogP contribution in [0.1, 0.15) is 6.42 Å². The maximum Gasteiger partial charge on any atom is 0.326 e. The fourth-order valence-electron chi connectivity index (χ4n) is 2.02. The Morgan fingerprint density at radius 2 is 2.28 bits per heavy atom. The summed E-state index contributed by atoms with van der Waals surface area (Å²) in [5.41, 5.74) is 0. The number of hydrogen-bond acceptors (Lipinski definition) is 6. The molecular formula is C11H16N4O3. The van der Waals surface area contributed by atoms with Crippen molar-refractivity contribution in [1.82, 2.24) is 9.97 Å². The van der Waals surface area contributed by atoms with Crippen molar-refractivity contribution < 1.29 is 15.0 Å². The van der Waals surface area contributed by atoms with E-state index >= 15 is 0 Å². The Hall–Kier alpha value is -1.89. The molecule has 1 saturated heterocycles. The Labute approximate surface area is 105 Å². The summed E-state index contributed by atoms with van der Waals surface area (Å²) < 4.78 is 0. The zero-order chi connectivity index (χ0) is 13.3. The topological polar surface area (TPSA) is 89.8 Å². The van der Waals surface area contributed by atoms with E-state index in [-0.39, 0.29) is 13.0 Å². The van der Waals surface area contributed by atoms with E-state index in [1.165, 1.54) is 0 Å². The molecule has 1 aliphatic heterocycles. The molecule has 7 heteroatoms. The molecular weight excluding hydrogens is 236 g/mol. The highest BCUT2D eigenvalue weighted by Crippen LogP contribution is 2.25. The average molecular weight is 252 g/mol. The number of aliphatic hydroxyl groups is 1. The van der Waals surface area contributed by atoms with Crippen molar-refractivity contribution in [1.29, 1.82) is 0 Å². The molecule has 0 bridgehead atoms. The Bertz CT molecular complexity index is 452. The fraction of sp³-hybridized carbons (Fsp3) is 0.545. The second-order valence-electron chi connectivity index (χ2n) is 4.51. The lowest BCUT2D eigenvalue weighted by Gasteiger charge is -2.23. The van der Waals surface area contributed by atoms with Crippen LogP contribution in [0.25, 0.3) is 0 Å². The van der Waals surface area contributed by atoms with Crippen LogP contribution < -0.4 is 9.80 Å². The minimum absolute atomic E-state index is 0.219. The number of carbonyl (C=O) groups is 1.